The number of nitrogens with zero attached hydrogens (tertiary/aromatic N) is 1. The second-order valence-electron chi connectivity index (χ2n) is 8.14. The van der Waals surface area contributed by atoms with Crippen LogP contribution in [-0.4, -0.2) is 58.1 Å². The molecule has 0 aromatic heterocycles. The molecule has 1 saturated heterocycles. The number of hydrogen-bond acceptors (Lipinski definition) is 6. The van der Waals surface area contributed by atoms with E-state index in [9.17, 15) is 13.2 Å². The van der Waals surface area contributed by atoms with E-state index in [2.05, 4.69) is 5.32 Å². The first-order valence-electron chi connectivity index (χ1n) is 11.7. The molecule has 0 radical (unpaired) electrons. The topological polar surface area (TPSA) is 94.2 Å². The van der Waals surface area contributed by atoms with Crippen LogP contribution in [0.3, 0.4) is 0 Å². The summed E-state index contributed by atoms with van der Waals surface area (Å²) in [5, 5.41) is 2.97. The van der Waals surface area contributed by atoms with Crippen molar-refractivity contribution in [3.8, 4) is 11.5 Å². The third-order valence-electron chi connectivity index (χ3n) is 5.46. The number of carbonyl (C=O) groups is 1. The van der Waals surface area contributed by atoms with Crippen molar-refractivity contribution in [1.82, 2.24) is 9.62 Å². The third kappa shape index (κ3) is 6.49. The fraction of sp³-hybridized carbons (Fsp3) is 0.480. The molecule has 9 heteroatoms. The smallest absolute Gasteiger partial charge is 0.251 e. The second-order valence-corrected chi connectivity index (χ2v) is 10.1. The molecule has 1 fully saturated rings. The molecule has 0 aliphatic carbocycles. The van der Waals surface area contributed by atoms with Gasteiger partial charge in [-0.3, -0.25) is 4.79 Å². The molecular weight excluding hydrogens is 456 g/mol. The Morgan fingerprint density at radius 1 is 1.00 bits per heavy atom. The second kappa shape index (κ2) is 12.2. The van der Waals surface area contributed by atoms with Gasteiger partial charge >= 0.3 is 0 Å². The third-order valence-corrected chi connectivity index (χ3v) is 7.38. The minimum absolute atomic E-state index is 0.166. The van der Waals surface area contributed by atoms with Crippen molar-refractivity contribution in [2.45, 2.75) is 44.6 Å². The molecule has 34 heavy (non-hydrogen) atoms. The van der Waals surface area contributed by atoms with Gasteiger partial charge in [-0.15, -0.1) is 0 Å². The molecular formula is C25H34N2O6S. The summed E-state index contributed by atoms with van der Waals surface area (Å²) in [4.78, 5) is 13.0. The number of carbonyl (C=O) groups excluding carboxylic acids is 1. The standard InChI is InChI=1S/C25H34N2O6S/c1-4-14-32-23-11-8-21(18-24(23)33-15-5-2)19(3)26-25(28)20-6-9-22(10-7-20)34(29,30)27-12-16-31-17-13-27/h6-11,18-19H,4-5,12-17H2,1-3H3,(H,26,28). The Morgan fingerprint density at radius 2 is 1.62 bits per heavy atom. The minimum Gasteiger partial charge on any atom is -0.490 e. The van der Waals surface area contributed by atoms with Gasteiger partial charge in [-0.05, 0) is 61.7 Å². The van der Waals surface area contributed by atoms with Gasteiger partial charge in [-0.1, -0.05) is 19.9 Å². The maximum Gasteiger partial charge on any atom is 0.251 e. The average molecular weight is 491 g/mol. The molecule has 186 valence electrons. The minimum atomic E-state index is -3.60. The molecule has 1 N–H and O–H groups in total. The van der Waals surface area contributed by atoms with E-state index in [0.717, 1.165) is 18.4 Å². The number of sulfonamides is 1. The summed E-state index contributed by atoms with van der Waals surface area (Å²) in [6, 6.07) is 11.4. The normalized spacial score (nSPS) is 15.5. The Balaban J connectivity index is 1.69. The van der Waals surface area contributed by atoms with Crippen LogP contribution >= 0.6 is 0 Å². The van der Waals surface area contributed by atoms with Crippen LogP contribution in [0.5, 0.6) is 11.5 Å². The molecule has 2 aromatic rings. The zero-order valence-corrected chi connectivity index (χ0v) is 20.9. The number of amides is 1. The Labute approximate surface area is 202 Å². The highest BCUT2D eigenvalue weighted by atomic mass is 32.2. The largest absolute Gasteiger partial charge is 0.490 e. The highest BCUT2D eigenvalue weighted by Crippen LogP contribution is 2.31. The number of benzene rings is 2. The van der Waals surface area contributed by atoms with Crippen LogP contribution in [0.2, 0.25) is 0 Å². The van der Waals surface area contributed by atoms with Gasteiger partial charge in [0.2, 0.25) is 10.0 Å². The van der Waals surface area contributed by atoms with Crippen LogP contribution in [0.15, 0.2) is 47.4 Å². The van der Waals surface area contributed by atoms with Gasteiger partial charge < -0.3 is 19.5 Å². The molecule has 3 rings (SSSR count). The SMILES string of the molecule is CCCOc1ccc(C(C)NC(=O)c2ccc(S(=O)(=O)N3CCOCC3)cc2)cc1OCCC. The van der Waals surface area contributed by atoms with Gasteiger partial charge in [0.15, 0.2) is 11.5 Å². The van der Waals surface area contributed by atoms with Crippen molar-refractivity contribution >= 4 is 15.9 Å². The summed E-state index contributed by atoms with van der Waals surface area (Å²) in [5.41, 5.74) is 1.27. The molecule has 1 aliphatic heterocycles. The van der Waals surface area contributed by atoms with E-state index in [1.165, 1.54) is 28.6 Å². The van der Waals surface area contributed by atoms with E-state index < -0.39 is 10.0 Å². The van der Waals surface area contributed by atoms with Gasteiger partial charge in [0.25, 0.3) is 5.91 Å². The summed E-state index contributed by atoms with van der Waals surface area (Å²) in [5.74, 6) is 1.06. The van der Waals surface area contributed by atoms with Crippen molar-refractivity contribution in [3.63, 3.8) is 0 Å². The van der Waals surface area contributed by atoms with Crippen LogP contribution in [0.4, 0.5) is 0 Å². The van der Waals surface area contributed by atoms with Crippen LogP contribution < -0.4 is 14.8 Å². The number of morpholine rings is 1. The van der Waals surface area contributed by atoms with Crippen LogP contribution in [0.25, 0.3) is 0 Å². The zero-order chi connectivity index (χ0) is 24.6. The zero-order valence-electron chi connectivity index (χ0n) is 20.1. The number of nitrogens with one attached hydrogen (secondary N) is 1. The lowest BCUT2D eigenvalue weighted by Crippen LogP contribution is -2.40. The molecule has 0 spiro atoms. The lowest BCUT2D eigenvalue weighted by atomic mass is 10.1. The molecule has 8 nitrogen and oxygen atoms in total. The Kier molecular flexibility index (Phi) is 9.32. The van der Waals surface area contributed by atoms with Crippen molar-refractivity contribution in [2.75, 3.05) is 39.5 Å². The molecule has 0 saturated carbocycles. The van der Waals surface area contributed by atoms with Gasteiger partial charge in [0.05, 0.1) is 37.4 Å². The van der Waals surface area contributed by atoms with Gasteiger partial charge in [0.1, 0.15) is 0 Å². The van der Waals surface area contributed by atoms with E-state index >= 15 is 0 Å². The quantitative estimate of drug-likeness (QED) is 0.515. The molecule has 1 atom stereocenters. The van der Waals surface area contributed by atoms with Crippen LogP contribution in [-0.2, 0) is 14.8 Å². The monoisotopic (exact) mass is 490 g/mol. The van der Waals surface area contributed by atoms with Gasteiger partial charge in [0, 0.05) is 18.7 Å². The van der Waals surface area contributed by atoms with E-state index in [1.807, 2.05) is 39.0 Å². The van der Waals surface area contributed by atoms with Gasteiger partial charge in [-0.25, -0.2) is 8.42 Å². The summed E-state index contributed by atoms with van der Waals surface area (Å²) in [6.07, 6.45) is 1.77. The molecule has 1 aliphatic rings. The summed E-state index contributed by atoms with van der Waals surface area (Å²) < 4.78 is 43.8. The average Bonchev–Trinajstić information content (AvgIpc) is 2.86. The van der Waals surface area contributed by atoms with E-state index in [4.69, 9.17) is 14.2 Å². The Hall–Kier alpha value is -2.62. The van der Waals surface area contributed by atoms with Crippen LogP contribution in [0.1, 0.15) is 55.6 Å². The Morgan fingerprint density at radius 3 is 2.24 bits per heavy atom. The first-order valence-corrected chi connectivity index (χ1v) is 13.2. The van der Waals surface area contributed by atoms with E-state index in [-0.39, 0.29) is 16.8 Å². The molecule has 0 bridgehead atoms. The summed E-state index contributed by atoms with van der Waals surface area (Å²) in [6.45, 7) is 8.57. The van der Waals surface area contributed by atoms with E-state index in [1.54, 1.807) is 0 Å². The fourth-order valence-electron chi connectivity index (χ4n) is 3.53. The molecule has 2 aromatic carbocycles. The maximum absolute atomic E-state index is 12.8. The predicted octanol–water partition coefficient (Wildman–Crippen LogP) is 3.78. The summed E-state index contributed by atoms with van der Waals surface area (Å²) >= 11 is 0. The molecule has 1 amide bonds. The van der Waals surface area contributed by atoms with Crippen molar-refractivity contribution in [1.29, 1.82) is 0 Å². The lowest BCUT2D eigenvalue weighted by molar-refractivity contribution is 0.0730. The summed E-state index contributed by atoms with van der Waals surface area (Å²) in [7, 11) is -3.60. The lowest BCUT2D eigenvalue weighted by Gasteiger charge is -2.26. The van der Waals surface area contributed by atoms with Gasteiger partial charge in [-0.2, -0.15) is 4.31 Å². The number of rotatable bonds is 11. The molecule has 1 unspecified atom stereocenters. The molecule has 1 heterocycles. The van der Waals surface area contributed by atoms with E-state index in [0.29, 0.717) is 56.6 Å². The fourth-order valence-corrected chi connectivity index (χ4v) is 4.94. The predicted molar refractivity (Wildman–Crippen MR) is 130 cm³/mol. The van der Waals surface area contributed by atoms with Crippen molar-refractivity contribution in [2.24, 2.45) is 0 Å². The van der Waals surface area contributed by atoms with Crippen molar-refractivity contribution < 1.29 is 27.4 Å². The Bertz CT molecular complexity index is 1050. The van der Waals surface area contributed by atoms with Crippen molar-refractivity contribution in [3.05, 3.63) is 53.6 Å². The number of hydrogen-bond donors (Lipinski definition) is 1. The first-order chi connectivity index (χ1) is 16.4. The maximum atomic E-state index is 12.8. The highest BCUT2D eigenvalue weighted by Gasteiger charge is 2.26. The highest BCUT2D eigenvalue weighted by molar-refractivity contribution is 7.89. The number of ether oxygens (including phenoxy) is 3. The van der Waals surface area contributed by atoms with Crippen LogP contribution in [0, 0.1) is 0 Å². The first kappa shape index (κ1) is 26.0.